The maximum Gasteiger partial charge on any atom is 0.189 e. The number of halogens is 1. The lowest BCUT2D eigenvalue weighted by molar-refractivity contribution is -0.0382. The van der Waals surface area contributed by atoms with Gasteiger partial charge in [0.1, 0.15) is 17.2 Å². The lowest BCUT2D eigenvalue weighted by atomic mass is 9.75. The first-order valence-electron chi connectivity index (χ1n) is 8.72. The Morgan fingerprint density at radius 2 is 2.16 bits per heavy atom. The third kappa shape index (κ3) is 3.25. The monoisotopic (exact) mass is 348 g/mol. The van der Waals surface area contributed by atoms with Crippen molar-refractivity contribution >= 4 is 0 Å². The van der Waals surface area contributed by atoms with E-state index in [4.69, 9.17) is 14.2 Å². The SMILES string of the molecule is CCCC1=CC=C2OCO[C@@]2([C@@H](C)Cc2cc(O)c(OC)cc2F)C1. The molecule has 1 aliphatic carbocycles. The number of rotatable bonds is 6. The van der Waals surface area contributed by atoms with Crippen molar-refractivity contribution < 1.29 is 23.7 Å². The zero-order chi connectivity index (χ0) is 18.0. The molecule has 0 aromatic heterocycles. The summed E-state index contributed by atoms with van der Waals surface area (Å²) in [6.45, 7) is 4.41. The molecule has 0 bridgehead atoms. The molecule has 136 valence electrons. The average Bonchev–Trinajstić information content (AvgIpc) is 3.02. The molecule has 1 aromatic carbocycles. The minimum atomic E-state index is -0.554. The molecule has 4 nitrogen and oxygen atoms in total. The first-order valence-corrected chi connectivity index (χ1v) is 8.72. The highest BCUT2D eigenvalue weighted by atomic mass is 19.1. The molecular weight excluding hydrogens is 323 g/mol. The number of benzene rings is 1. The van der Waals surface area contributed by atoms with Crippen LogP contribution in [0.5, 0.6) is 11.5 Å². The van der Waals surface area contributed by atoms with Crippen LogP contribution >= 0.6 is 0 Å². The average molecular weight is 348 g/mol. The lowest BCUT2D eigenvalue weighted by Crippen LogP contribution is -2.40. The normalized spacial score (nSPS) is 23.4. The molecule has 2 aliphatic rings. The molecule has 5 heteroatoms. The van der Waals surface area contributed by atoms with Gasteiger partial charge in [-0.3, -0.25) is 0 Å². The second kappa shape index (κ2) is 7.08. The van der Waals surface area contributed by atoms with Crippen LogP contribution in [-0.2, 0) is 15.9 Å². The number of hydrogen-bond acceptors (Lipinski definition) is 4. The van der Waals surface area contributed by atoms with Crippen LogP contribution < -0.4 is 4.74 Å². The van der Waals surface area contributed by atoms with Crippen LogP contribution in [0.25, 0.3) is 0 Å². The van der Waals surface area contributed by atoms with Crippen molar-refractivity contribution in [3.05, 3.63) is 47.0 Å². The van der Waals surface area contributed by atoms with Crippen LogP contribution in [-0.4, -0.2) is 24.6 Å². The lowest BCUT2D eigenvalue weighted by Gasteiger charge is -2.36. The quantitative estimate of drug-likeness (QED) is 0.824. The highest BCUT2D eigenvalue weighted by Crippen LogP contribution is 2.46. The van der Waals surface area contributed by atoms with Crippen LogP contribution in [0.2, 0.25) is 0 Å². The maximum absolute atomic E-state index is 14.4. The van der Waals surface area contributed by atoms with Crippen LogP contribution in [0.3, 0.4) is 0 Å². The molecule has 1 fully saturated rings. The van der Waals surface area contributed by atoms with Crippen LogP contribution in [0.1, 0.15) is 38.7 Å². The fourth-order valence-electron chi connectivity index (χ4n) is 3.76. The summed E-state index contributed by atoms with van der Waals surface area (Å²) in [6, 6.07) is 2.66. The second-order valence-corrected chi connectivity index (χ2v) is 6.80. The third-order valence-electron chi connectivity index (χ3n) is 5.15. The van der Waals surface area contributed by atoms with Crippen molar-refractivity contribution in [3.63, 3.8) is 0 Å². The molecule has 1 aromatic rings. The van der Waals surface area contributed by atoms with E-state index in [1.54, 1.807) is 0 Å². The first kappa shape index (κ1) is 17.8. The third-order valence-corrected chi connectivity index (χ3v) is 5.15. The van der Waals surface area contributed by atoms with Gasteiger partial charge in [0, 0.05) is 12.5 Å². The minimum Gasteiger partial charge on any atom is -0.504 e. The topological polar surface area (TPSA) is 47.9 Å². The summed E-state index contributed by atoms with van der Waals surface area (Å²) < 4.78 is 31.1. The number of phenolic OH excluding ortho intramolecular Hbond substituents is 1. The minimum absolute atomic E-state index is 0.0101. The van der Waals surface area contributed by atoms with Gasteiger partial charge in [-0.1, -0.05) is 31.9 Å². The van der Waals surface area contributed by atoms with Gasteiger partial charge in [0.25, 0.3) is 0 Å². The van der Waals surface area contributed by atoms with Crippen molar-refractivity contribution in [2.24, 2.45) is 5.92 Å². The summed E-state index contributed by atoms with van der Waals surface area (Å²) in [5.41, 5.74) is 1.21. The van der Waals surface area contributed by atoms with Gasteiger partial charge in [0.2, 0.25) is 0 Å². The molecular formula is C20H25FO4. The van der Waals surface area contributed by atoms with Crippen LogP contribution in [0.4, 0.5) is 4.39 Å². The van der Waals surface area contributed by atoms with Crippen molar-refractivity contribution in [2.75, 3.05) is 13.9 Å². The van der Waals surface area contributed by atoms with E-state index in [1.165, 1.54) is 24.8 Å². The number of methoxy groups -OCH3 is 1. The Kier molecular flexibility index (Phi) is 5.04. The number of fused-ring (bicyclic) bond motifs is 1. The number of allylic oxidation sites excluding steroid dienone is 2. The smallest absolute Gasteiger partial charge is 0.189 e. The Morgan fingerprint density at radius 1 is 1.36 bits per heavy atom. The fraction of sp³-hybridized carbons (Fsp3) is 0.500. The fourth-order valence-corrected chi connectivity index (χ4v) is 3.76. The Bertz CT molecular complexity index is 710. The molecule has 0 saturated carbocycles. The highest BCUT2D eigenvalue weighted by molar-refractivity contribution is 5.43. The molecule has 1 N–H and O–H groups in total. The molecule has 0 amide bonds. The Morgan fingerprint density at radius 3 is 2.88 bits per heavy atom. The molecule has 0 unspecified atom stereocenters. The standard InChI is InChI=1S/C20H25FO4/c1-4-5-14-6-7-19-20(11-14,25-12-24-19)13(2)8-15-9-17(22)18(23-3)10-16(15)21/h6-7,9-10,13,22H,4-5,8,11-12H2,1-3H3/t13-,20+/m0/s1. The maximum atomic E-state index is 14.4. The Labute approximate surface area is 147 Å². The summed E-state index contributed by atoms with van der Waals surface area (Å²) in [4.78, 5) is 0. The number of phenols is 1. The van der Waals surface area contributed by atoms with Crippen molar-refractivity contribution in [1.82, 2.24) is 0 Å². The number of ether oxygens (including phenoxy) is 3. The van der Waals surface area contributed by atoms with Gasteiger partial charge in [0.15, 0.2) is 18.3 Å². The predicted molar refractivity (Wildman–Crippen MR) is 92.9 cm³/mol. The van der Waals surface area contributed by atoms with Crippen molar-refractivity contribution in [2.45, 2.75) is 45.1 Å². The van der Waals surface area contributed by atoms with E-state index in [1.807, 2.05) is 13.0 Å². The van der Waals surface area contributed by atoms with Gasteiger partial charge in [-0.2, -0.15) is 0 Å². The van der Waals surface area contributed by atoms with Gasteiger partial charge in [0.05, 0.1) is 7.11 Å². The van der Waals surface area contributed by atoms with E-state index >= 15 is 0 Å². The molecule has 0 radical (unpaired) electrons. The molecule has 0 spiro atoms. The first-order chi connectivity index (χ1) is 12.0. The summed E-state index contributed by atoms with van der Waals surface area (Å²) in [6.07, 6.45) is 7.37. The molecule has 2 atom stereocenters. The highest BCUT2D eigenvalue weighted by Gasteiger charge is 2.48. The number of hydrogen-bond donors (Lipinski definition) is 1. The van der Waals surface area contributed by atoms with Gasteiger partial charge in [-0.25, -0.2) is 4.39 Å². The van der Waals surface area contributed by atoms with E-state index in [2.05, 4.69) is 13.0 Å². The molecule has 1 saturated heterocycles. The van der Waals surface area contributed by atoms with Gasteiger partial charge in [-0.05, 0) is 36.5 Å². The zero-order valence-corrected chi connectivity index (χ0v) is 15.0. The molecule has 1 heterocycles. The molecule has 3 rings (SSSR count). The Hall–Kier alpha value is -2.01. The van der Waals surface area contributed by atoms with Gasteiger partial charge >= 0.3 is 0 Å². The molecule has 1 aliphatic heterocycles. The van der Waals surface area contributed by atoms with E-state index < -0.39 is 5.60 Å². The summed E-state index contributed by atoms with van der Waals surface area (Å²) in [5, 5.41) is 9.97. The van der Waals surface area contributed by atoms with Gasteiger partial charge < -0.3 is 19.3 Å². The summed E-state index contributed by atoms with van der Waals surface area (Å²) in [7, 11) is 1.40. The van der Waals surface area contributed by atoms with E-state index in [0.717, 1.165) is 25.0 Å². The van der Waals surface area contributed by atoms with Crippen LogP contribution in [0.15, 0.2) is 35.6 Å². The molecule has 25 heavy (non-hydrogen) atoms. The predicted octanol–water partition coefficient (Wildman–Crippen LogP) is 4.48. The van der Waals surface area contributed by atoms with Crippen molar-refractivity contribution in [1.29, 1.82) is 0 Å². The number of aromatic hydroxyl groups is 1. The largest absolute Gasteiger partial charge is 0.504 e. The zero-order valence-electron chi connectivity index (χ0n) is 15.0. The Balaban J connectivity index is 1.85. The van der Waals surface area contributed by atoms with Crippen molar-refractivity contribution in [3.8, 4) is 11.5 Å². The van der Waals surface area contributed by atoms with E-state index in [0.29, 0.717) is 12.0 Å². The van der Waals surface area contributed by atoms with Gasteiger partial charge in [-0.15, -0.1) is 0 Å². The van der Waals surface area contributed by atoms with E-state index in [-0.39, 0.29) is 30.0 Å². The summed E-state index contributed by atoms with van der Waals surface area (Å²) in [5.74, 6) is 0.502. The summed E-state index contributed by atoms with van der Waals surface area (Å²) >= 11 is 0. The van der Waals surface area contributed by atoms with E-state index in [9.17, 15) is 9.50 Å². The second-order valence-electron chi connectivity index (χ2n) is 6.80. The van der Waals surface area contributed by atoms with Crippen LogP contribution in [0, 0.1) is 11.7 Å².